The van der Waals surface area contributed by atoms with Gasteiger partial charge in [0.05, 0.1) is 13.2 Å². The van der Waals surface area contributed by atoms with Gasteiger partial charge in [0.15, 0.2) is 5.88 Å². The van der Waals surface area contributed by atoms with E-state index in [4.69, 9.17) is 20.4 Å². The van der Waals surface area contributed by atoms with Crippen molar-refractivity contribution < 1.29 is 14.6 Å². The first kappa shape index (κ1) is 10.8. The molecule has 2 aromatic heterocycles. The number of aliphatic hydroxyl groups is 2. The summed E-state index contributed by atoms with van der Waals surface area (Å²) in [6.45, 7) is 0.771. The second-order valence-corrected chi connectivity index (χ2v) is 3.36. The number of nitrogens with one attached hydrogen (secondary N) is 1. The van der Waals surface area contributed by atoms with E-state index < -0.39 is 0 Å². The lowest BCUT2D eigenvalue weighted by Gasteiger charge is -2.18. The SMILES string of the molecule is Nc1cc2[nH]c(N(CCO)CCO)nc2o1. The normalized spacial score (nSPS) is 11.1. The Morgan fingerprint density at radius 2 is 2.06 bits per heavy atom. The summed E-state index contributed by atoms with van der Waals surface area (Å²) < 4.78 is 5.14. The molecule has 5 N–H and O–H groups in total. The van der Waals surface area contributed by atoms with Gasteiger partial charge in [-0.2, -0.15) is 4.98 Å². The lowest BCUT2D eigenvalue weighted by atomic mass is 10.5. The van der Waals surface area contributed by atoms with Gasteiger partial charge in [0.2, 0.25) is 11.7 Å². The van der Waals surface area contributed by atoms with Gasteiger partial charge >= 0.3 is 0 Å². The number of fused-ring (bicyclic) bond motifs is 1. The zero-order chi connectivity index (χ0) is 11.5. The third-order valence-electron chi connectivity index (χ3n) is 2.22. The Morgan fingerprint density at radius 3 is 2.62 bits per heavy atom. The van der Waals surface area contributed by atoms with Crippen LogP contribution in [0.3, 0.4) is 0 Å². The Morgan fingerprint density at radius 1 is 1.38 bits per heavy atom. The minimum absolute atomic E-state index is 0.00972. The maximum absolute atomic E-state index is 8.89. The van der Waals surface area contributed by atoms with E-state index in [0.717, 1.165) is 0 Å². The Kier molecular flexibility index (Phi) is 2.97. The van der Waals surface area contributed by atoms with Crippen LogP contribution in [0.5, 0.6) is 0 Å². The largest absolute Gasteiger partial charge is 0.421 e. The number of nitrogens with two attached hydrogens (primary N) is 1. The number of nitrogen functional groups attached to an aromatic ring is 1. The Labute approximate surface area is 91.5 Å². The minimum Gasteiger partial charge on any atom is -0.421 e. The van der Waals surface area contributed by atoms with Crippen molar-refractivity contribution in [3.63, 3.8) is 0 Å². The van der Waals surface area contributed by atoms with Crippen LogP contribution < -0.4 is 10.6 Å². The molecule has 16 heavy (non-hydrogen) atoms. The standard InChI is InChI=1S/C9H14N4O3/c10-7-5-6-8(16-7)12-9(11-6)13(1-3-14)2-4-15/h5,14-15H,1-4,10H2,(H,11,12). The highest BCUT2D eigenvalue weighted by Crippen LogP contribution is 2.21. The smallest absolute Gasteiger partial charge is 0.248 e. The highest BCUT2D eigenvalue weighted by atomic mass is 16.4. The number of aromatic nitrogens is 2. The number of H-pyrrole nitrogens is 1. The molecule has 0 aromatic carbocycles. The van der Waals surface area contributed by atoms with Crippen molar-refractivity contribution in [3.8, 4) is 0 Å². The van der Waals surface area contributed by atoms with Crippen LogP contribution in [-0.2, 0) is 0 Å². The number of hydrogen-bond donors (Lipinski definition) is 4. The van der Waals surface area contributed by atoms with Crippen LogP contribution in [0, 0.1) is 0 Å². The van der Waals surface area contributed by atoms with Gasteiger partial charge in [0.25, 0.3) is 0 Å². The quantitative estimate of drug-likeness (QED) is 0.548. The van der Waals surface area contributed by atoms with E-state index in [-0.39, 0.29) is 13.2 Å². The van der Waals surface area contributed by atoms with Gasteiger partial charge in [-0.15, -0.1) is 0 Å². The van der Waals surface area contributed by atoms with E-state index >= 15 is 0 Å². The first-order valence-electron chi connectivity index (χ1n) is 4.96. The third kappa shape index (κ3) is 1.95. The molecule has 7 heteroatoms. The Balaban J connectivity index is 2.25. The number of aliphatic hydroxyl groups excluding tert-OH is 2. The molecule has 0 bridgehead atoms. The van der Waals surface area contributed by atoms with E-state index in [9.17, 15) is 0 Å². The number of hydrogen-bond acceptors (Lipinski definition) is 6. The van der Waals surface area contributed by atoms with Crippen molar-refractivity contribution in [3.05, 3.63) is 6.07 Å². The number of anilines is 2. The summed E-state index contributed by atoms with van der Waals surface area (Å²) in [7, 11) is 0. The molecule has 0 saturated carbocycles. The van der Waals surface area contributed by atoms with Gasteiger partial charge in [0, 0.05) is 19.2 Å². The minimum atomic E-state index is -0.00972. The summed E-state index contributed by atoms with van der Waals surface area (Å²) in [5, 5.41) is 17.8. The summed E-state index contributed by atoms with van der Waals surface area (Å²) in [6.07, 6.45) is 0. The lowest BCUT2D eigenvalue weighted by Crippen LogP contribution is -2.30. The molecular weight excluding hydrogens is 212 g/mol. The van der Waals surface area contributed by atoms with Crippen molar-refractivity contribution in [1.29, 1.82) is 0 Å². The number of imidazole rings is 1. The molecule has 7 nitrogen and oxygen atoms in total. The third-order valence-corrected chi connectivity index (χ3v) is 2.22. The van der Waals surface area contributed by atoms with Crippen LogP contribution in [0.4, 0.5) is 11.8 Å². The van der Waals surface area contributed by atoms with Crippen molar-refractivity contribution in [1.82, 2.24) is 9.97 Å². The van der Waals surface area contributed by atoms with Crippen LogP contribution in [0.1, 0.15) is 0 Å². The molecule has 0 fully saturated rings. The van der Waals surface area contributed by atoms with Crippen LogP contribution in [-0.4, -0.2) is 46.5 Å². The molecule has 0 unspecified atom stereocenters. The van der Waals surface area contributed by atoms with Crippen LogP contribution in [0.2, 0.25) is 0 Å². The molecule has 0 spiro atoms. The zero-order valence-electron chi connectivity index (χ0n) is 8.68. The summed E-state index contributed by atoms with van der Waals surface area (Å²) in [4.78, 5) is 8.91. The molecule has 0 amide bonds. The molecule has 0 radical (unpaired) electrons. The van der Waals surface area contributed by atoms with Gasteiger partial charge in [-0.25, -0.2) is 0 Å². The highest BCUT2D eigenvalue weighted by Gasteiger charge is 2.13. The van der Waals surface area contributed by atoms with Crippen LogP contribution in [0.25, 0.3) is 11.2 Å². The molecular formula is C9H14N4O3. The predicted molar refractivity (Wildman–Crippen MR) is 59.2 cm³/mol. The molecule has 0 aliphatic heterocycles. The number of rotatable bonds is 5. The zero-order valence-corrected chi connectivity index (χ0v) is 8.68. The second-order valence-electron chi connectivity index (χ2n) is 3.36. The molecule has 2 rings (SSSR count). The molecule has 0 saturated heterocycles. The van der Waals surface area contributed by atoms with Gasteiger partial charge in [-0.1, -0.05) is 0 Å². The first-order chi connectivity index (χ1) is 7.74. The summed E-state index contributed by atoms with van der Waals surface area (Å²) in [5.74, 6) is 0.855. The van der Waals surface area contributed by atoms with Crippen LogP contribution >= 0.6 is 0 Å². The average Bonchev–Trinajstić information content (AvgIpc) is 2.74. The second kappa shape index (κ2) is 4.42. The molecule has 0 aliphatic rings. The summed E-state index contributed by atoms with van der Waals surface area (Å²) in [5.41, 5.74) is 6.58. The highest BCUT2D eigenvalue weighted by molar-refractivity contribution is 5.75. The average molecular weight is 226 g/mol. The molecule has 0 atom stereocenters. The van der Waals surface area contributed by atoms with E-state index in [1.54, 1.807) is 11.0 Å². The number of nitrogens with zero attached hydrogens (tertiary/aromatic N) is 2. The summed E-state index contributed by atoms with van der Waals surface area (Å²) >= 11 is 0. The fourth-order valence-electron chi connectivity index (χ4n) is 1.53. The summed E-state index contributed by atoms with van der Waals surface area (Å²) in [6, 6.07) is 1.64. The van der Waals surface area contributed by atoms with Gasteiger partial charge in [-0.3, -0.25) is 0 Å². The number of aromatic amines is 1. The lowest BCUT2D eigenvalue weighted by molar-refractivity contribution is 0.280. The maximum Gasteiger partial charge on any atom is 0.248 e. The van der Waals surface area contributed by atoms with Crippen molar-refractivity contribution in [2.24, 2.45) is 0 Å². The molecule has 0 aliphatic carbocycles. The van der Waals surface area contributed by atoms with Gasteiger partial charge in [-0.05, 0) is 0 Å². The first-order valence-corrected chi connectivity index (χ1v) is 4.96. The van der Waals surface area contributed by atoms with Gasteiger partial charge in [0.1, 0.15) is 5.52 Å². The van der Waals surface area contributed by atoms with E-state index in [0.29, 0.717) is 36.2 Å². The van der Waals surface area contributed by atoms with E-state index in [2.05, 4.69) is 9.97 Å². The van der Waals surface area contributed by atoms with Crippen molar-refractivity contribution >= 4 is 23.1 Å². The topological polar surface area (TPSA) is 112 Å². The van der Waals surface area contributed by atoms with Crippen molar-refractivity contribution in [2.75, 3.05) is 36.9 Å². The molecule has 2 aromatic rings. The van der Waals surface area contributed by atoms with Crippen molar-refractivity contribution in [2.45, 2.75) is 0 Å². The van der Waals surface area contributed by atoms with E-state index in [1.165, 1.54) is 0 Å². The van der Waals surface area contributed by atoms with Gasteiger partial charge < -0.3 is 30.2 Å². The predicted octanol–water partition coefficient (Wildman–Crippen LogP) is -0.471. The fourth-order valence-corrected chi connectivity index (χ4v) is 1.53. The number of furan rings is 1. The monoisotopic (exact) mass is 226 g/mol. The fraction of sp³-hybridized carbons (Fsp3) is 0.444. The molecule has 2 heterocycles. The Bertz CT molecular complexity index is 427. The maximum atomic E-state index is 8.89. The molecule has 88 valence electrons. The Hall–Kier alpha value is -1.73. The van der Waals surface area contributed by atoms with Crippen LogP contribution in [0.15, 0.2) is 10.5 Å². The van der Waals surface area contributed by atoms with E-state index in [1.807, 2.05) is 0 Å².